The average molecular weight is 832 g/mol. The summed E-state index contributed by atoms with van der Waals surface area (Å²) in [4.78, 5) is 36.9. The molecule has 8 heteroatoms. The van der Waals surface area contributed by atoms with Gasteiger partial charge in [-0.25, -0.2) is 0 Å². The number of carboxylic acids is 1. The van der Waals surface area contributed by atoms with Gasteiger partial charge < -0.3 is 28.6 Å². The smallest absolute Gasteiger partial charge is 0.306 e. The molecule has 0 saturated heterocycles. The van der Waals surface area contributed by atoms with Crippen molar-refractivity contribution < 1.29 is 38.2 Å². The highest BCUT2D eigenvalue weighted by molar-refractivity contribution is 5.70. The number of nitrogens with zero attached hydrogens (tertiary/aromatic N) is 1. The van der Waals surface area contributed by atoms with E-state index in [1.165, 1.54) is 25.7 Å². The molecule has 0 aromatic heterocycles. The van der Waals surface area contributed by atoms with Crippen molar-refractivity contribution in [3.05, 3.63) is 122 Å². The van der Waals surface area contributed by atoms with Crippen LogP contribution in [-0.2, 0) is 28.6 Å². The summed E-state index contributed by atoms with van der Waals surface area (Å²) in [5.74, 6) is -1.87. The van der Waals surface area contributed by atoms with Crippen molar-refractivity contribution in [1.29, 1.82) is 0 Å². The highest BCUT2D eigenvalue weighted by Gasteiger charge is 2.25. The lowest BCUT2D eigenvalue weighted by Gasteiger charge is -2.34. The molecule has 60 heavy (non-hydrogen) atoms. The molecule has 336 valence electrons. The lowest BCUT2D eigenvalue weighted by Crippen LogP contribution is -2.55. The van der Waals surface area contributed by atoms with E-state index in [9.17, 15) is 19.5 Å². The van der Waals surface area contributed by atoms with E-state index in [4.69, 9.17) is 14.2 Å². The second-order valence-corrected chi connectivity index (χ2v) is 15.7. The number of carbonyl (C=O) groups is 3. The number of carbonyl (C=O) groups excluding carboxylic acids is 3. The van der Waals surface area contributed by atoms with Crippen molar-refractivity contribution in [2.45, 2.75) is 148 Å². The van der Waals surface area contributed by atoms with Gasteiger partial charge in [0.2, 0.25) is 0 Å². The summed E-state index contributed by atoms with van der Waals surface area (Å²) in [6.45, 7) is 4.36. The van der Waals surface area contributed by atoms with E-state index in [2.05, 4.69) is 86.8 Å². The number of rotatable bonds is 38. The quantitative estimate of drug-likeness (QED) is 0.0201. The molecular weight excluding hydrogens is 751 g/mol. The minimum absolute atomic E-state index is 0.000139. The van der Waals surface area contributed by atoms with Gasteiger partial charge in [-0.1, -0.05) is 155 Å². The fourth-order valence-electron chi connectivity index (χ4n) is 5.70. The van der Waals surface area contributed by atoms with E-state index in [0.29, 0.717) is 12.8 Å². The molecule has 0 aromatic rings. The first-order chi connectivity index (χ1) is 29.1. The van der Waals surface area contributed by atoms with Crippen LogP contribution in [0.15, 0.2) is 122 Å². The second kappa shape index (κ2) is 41.5. The van der Waals surface area contributed by atoms with Crippen LogP contribution >= 0.6 is 0 Å². The molecule has 0 radical (unpaired) electrons. The minimum Gasteiger partial charge on any atom is -0.544 e. The fraction of sp³-hybridized carbons (Fsp3) is 0.558. The highest BCUT2D eigenvalue weighted by Crippen LogP contribution is 2.11. The third-order valence-corrected chi connectivity index (χ3v) is 9.21. The molecule has 0 amide bonds. The Morgan fingerprint density at radius 3 is 1.53 bits per heavy atom. The van der Waals surface area contributed by atoms with Gasteiger partial charge >= 0.3 is 11.9 Å². The van der Waals surface area contributed by atoms with Crippen LogP contribution in [0.3, 0.4) is 0 Å². The fourth-order valence-corrected chi connectivity index (χ4v) is 5.70. The molecule has 0 fully saturated rings. The van der Waals surface area contributed by atoms with Gasteiger partial charge in [0.1, 0.15) is 12.6 Å². The Morgan fingerprint density at radius 2 is 1.00 bits per heavy atom. The molecule has 0 N–H and O–H groups in total. The predicted octanol–water partition coefficient (Wildman–Crippen LogP) is 11.3. The van der Waals surface area contributed by atoms with Crippen molar-refractivity contribution in [3.63, 3.8) is 0 Å². The number of esters is 2. The van der Waals surface area contributed by atoms with E-state index in [-0.39, 0.29) is 55.5 Å². The van der Waals surface area contributed by atoms with Gasteiger partial charge in [-0.3, -0.25) is 9.59 Å². The summed E-state index contributed by atoms with van der Waals surface area (Å²) in [7, 11) is 5.36. The van der Waals surface area contributed by atoms with Crippen molar-refractivity contribution in [2.75, 3.05) is 41.0 Å². The topological polar surface area (TPSA) is 102 Å². The van der Waals surface area contributed by atoms with E-state index in [0.717, 1.165) is 64.2 Å². The maximum absolute atomic E-state index is 12.7. The molecule has 0 bridgehead atoms. The van der Waals surface area contributed by atoms with Gasteiger partial charge in [0.25, 0.3) is 0 Å². The van der Waals surface area contributed by atoms with Crippen molar-refractivity contribution in [2.24, 2.45) is 0 Å². The number of quaternary nitrogens is 1. The summed E-state index contributed by atoms with van der Waals surface area (Å²) >= 11 is 0. The molecule has 0 aliphatic rings. The number of allylic oxidation sites excluding steroid dienone is 20. The Morgan fingerprint density at radius 1 is 0.533 bits per heavy atom. The van der Waals surface area contributed by atoms with E-state index in [1.54, 1.807) is 21.1 Å². The predicted molar refractivity (Wildman–Crippen MR) is 249 cm³/mol. The first-order valence-corrected chi connectivity index (χ1v) is 22.6. The summed E-state index contributed by atoms with van der Waals surface area (Å²) in [6, 6.07) is -0.749. The summed E-state index contributed by atoms with van der Waals surface area (Å²) in [5.41, 5.74) is 0. The molecule has 0 aromatic carbocycles. The van der Waals surface area contributed by atoms with Crippen LogP contribution in [0, 0.1) is 0 Å². The monoisotopic (exact) mass is 832 g/mol. The van der Waals surface area contributed by atoms with E-state index < -0.39 is 18.1 Å². The van der Waals surface area contributed by atoms with Crippen LogP contribution in [0.25, 0.3) is 0 Å². The van der Waals surface area contributed by atoms with Crippen LogP contribution in [0.1, 0.15) is 136 Å². The van der Waals surface area contributed by atoms with Crippen molar-refractivity contribution in [3.8, 4) is 0 Å². The molecule has 0 rings (SSSR count). The Kier molecular flexibility index (Phi) is 38.5. The molecule has 0 saturated carbocycles. The third-order valence-electron chi connectivity index (χ3n) is 9.21. The molecule has 2 atom stereocenters. The maximum atomic E-state index is 12.7. The number of carboxylic acid groups (broad SMARTS) is 1. The van der Waals surface area contributed by atoms with E-state index in [1.807, 2.05) is 48.6 Å². The van der Waals surface area contributed by atoms with E-state index >= 15 is 0 Å². The molecule has 0 spiro atoms. The number of aliphatic carboxylic acids is 1. The van der Waals surface area contributed by atoms with Gasteiger partial charge in [-0.05, 0) is 83.5 Å². The number of unbranched alkanes of at least 4 members (excludes halogenated alkanes) is 8. The van der Waals surface area contributed by atoms with Gasteiger partial charge in [0, 0.05) is 19.3 Å². The van der Waals surface area contributed by atoms with Crippen molar-refractivity contribution >= 4 is 17.9 Å². The standard InChI is InChI=1S/C52H81NO7/c1-6-8-10-12-14-16-18-20-22-23-24-25-26-27-29-30-32-34-36-38-40-42-50(54)59-47-48(46-58-45-44-49(52(56)57)53(3,4)5)60-51(55)43-41-39-37-35-33-31-28-21-19-17-15-13-11-9-7-2/h9,11,13-17,19-22,24-25,27-29,31-34,48-49H,6-8,10,12,18,23,26,30,35-47H2,1-5H3/b11-9+,15-13+,16-14+,19-17+,22-20+,25-24+,28-21+,29-27+,33-31+,34-32+. The molecular formula is C52H81NO7. The van der Waals surface area contributed by atoms with Gasteiger partial charge in [0.15, 0.2) is 6.10 Å². The van der Waals surface area contributed by atoms with Gasteiger partial charge in [-0.15, -0.1) is 0 Å². The van der Waals surface area contributed by atoms with Gasteiger partial charge in [-0.2, -0.15) is 0 Å². The molecule has 0 heterocycles. The number of ether oxygens (including phenoxy) is 3. The first-order valence-electron chi connectivity index (χ1n) is 22.6. The van der Waals surface area contributed by atoms with Crippen LogP contribution < -0.4 is 5.11 Å². The molecule has 0 aliphatic heterocycles. The Balaban J connectivity index is 4.51. The lowest BCUT2D eigenvalue weighted by atomic mass is 10.1. The normalized spacial score (nSPS) is 14.1. The SMILES string of the molecule is CC/C=C/C=C/C=C/C=C/C=C/CCCCCC(=O)OC(COCCC(C(=O)[O-])[N+](C)(C)C)COC(=O)CCCC/C=C/C/C=C/C/C=C/C/C=C/C/C=C/CCCCC. The van der Waals surface area contributed by atoms with Crippen LogP contribution in [0.2, 0.25) is 0 Å². The van der Waals surface area contributed by atoms with Crippen LogP contribution in [0.5, 0.6) is 0 Å². The largest absolute Gasteiger partial charge is 0.544 e. The summed E-state index contributed by atoms with van der Waals surface area (Å²) < 4.78 is 17.1. The number of hydrogen-bond donors (Lipinski definition) is 0. The Bertz CT molecular complexity index is 1390. The first kappa shape index (κ1) is 55.7. The zero-order valence-electron chi connectivity index (χ0n) is 38.1. The Hall–Kier alpha value is -4.27. The van der Waals surface area contributed by atoms with Crippen LogP contribution in [-0.4, -0.2) is 75.5 Å². The minimum atomic E-state index is -1.15. The van der Waals surface area contributed by atoms with Crippen LogP contribution in [0.4, 0.5) is 0 Å². The zero-order valence-corrected chi connectivity index (χ0v) is 38.1. The molecule has 8 nitrogen and oxygen atoms in total. The number of likely N-dealkylation sites (N-methyl/N-ethyl adjacent to an activating group) is 1. The van der Waals surface area contributed by atoms with Gasteiger partial charge in [0.05, 0.1) is 40.3 Å². The number of hydrogen-bond acceptors (Lipinski definition) is 7. The average Bonchev–Trinajstić information content (AvgIpc) is 3.21. The highest BCUT2D eigenvalue weighted by atomic mass is 16.6. The summed E-state index contributed by atoms with van der Waals surface area (Å²) in [5, 5.41) is 11.6. The third kappa shape index (κ3) is 39.2. The zero-order chi connectivity index (χ0) is 44.2. The Labute approximate surface area is 365 Å². The summed E-state index contributed by atoms with van der Waals surface area (Å²) in [6.07, 6.45) is 58.0. The molecule has 2 unspecified atom stereocenters. The second-order valence-electron chi connectivity index (χ2n) is 15.7. The molecule has 0 aliphatic carbocycles. The maximum Gasteiger partial charge on any atom is 0.306 e. The lowest BCUT2D eigenvalue weighted by molar-refractivity contribution is -0.889. The van der Waals surface area contributed by atoms with Crippen molar-refractivity contribution in [1.82, 2.24) is 0 Å².